The van der Waals surface area contributed by atoms with E-state index in [2.05, 4.69) is 23.9 Å². The Bertz CT molecular complexity index is 386. The summed E-state index contributed by atoms with van der Waals surface area (Å²) >= 11 is 0. The largest absolute Gasteiger partial charge is 0.380 e. The van der Waals surface area contributed by atoms with Crippen LogP contribution in [-0.2, 0) is 14.9 Å². The number of ether oxygens (including phenoxy) is 1. The third-order valence-electron chi connectivity index (χ3n) is 3.97. The fourth-order valence-corrected chi connectivity index (χ4v) is 4.12. The molecule has 0 bridgehead atoms. The fraction of sp³-hybridized carbons (Fsp3) is 1.00. The van der Waals surface area contributed by atoms with Crippen molar-refractivity contribution in [2.24, 2.45) is 5.92 Å². The van der Waals surface area contributed by atoms with Crippen molar-refractivity contribution in [3.8, 4) is 0 Å². The second kappa shape index (κ2) is 7.17. The van der Waals surface area contributed by atoms with Crippen molar-refractivity contribution >= 4 is 10.2 Å². The van der Waals surface area contributed by atoms with Crippen LogP contribution in [0, 0.1) is 5.92 Å². The fourth-order valence-electron chi connectivity index (χ4n) is 2.67. The normalized spacial score (nSPS) is 26.4. The van der Waals surface area contributed by atoms with E-state index < -0.39 is 10.2 Å². The van der Waals surface area contributed by atoms with Crippen LogP contribution in [0.3, 0.4) is 0 Å². The van der Waals surface area contributed by atoms with Crippen molar-refractivity contribution in [1.29, 1.82) is 0 Å². The number of piperidine rings is 1. The van der Waals surface area contributed by atoms with Gasteiger partial charge in [-0.3, -0.25) is 0 Å². The van der Waals surface area contributed by atoms with E-state index in [0.29, 0.717) is 38.3 Å². The molecule has 0 saturated carbocycles. The zero-order valence-corrected chi connectivity index (χ0v) is 13.3. The van der Waals surface area contributed by atoms with Gasteiger partial charge in [0.25, 0.3) is 10.2 Å². The summed E-state index contributed by atoms with van der Waals surface area (Å²) in [4.78, 5) is 0. The number of hydrogen-bond donors (Lipinski definition) is 2. The Morgan fingerprint density at radius 3 is 2.50 bits per heavy atom. The third-order valence-corrected chi connectivity index (χ3v) is 5.65. The van der Waals surface area contributed by atoms with E-state index in [1.54, 1.807) is 4.31 Å². The average molecular weight is 305 g/mol. The zero-order chi connectivity index (χ0) is 14.6. The highest BCUT2D eigenvalue weighted by Gasteiger charge is 2.30. The molecule has 0 radical (unpaired) electrons. The summed E-state index contributed by atoms with van der Waals surface area (Å²) in [6.45, 7) is 7.63. The first-order chi connectivity index (χ1) is 9.47. The van der Waals surface area contributed by atoms with Crippen molar-refractivity contribution in [1.82, 2.24) is 14.3 Å². The molecular formula is C13H27N3O3S. The molecule has 0 aromatic carbocycles. The van der Waals surface area contributed by atoms with Crippen molar-refractivity contribution in [3.05, 3.63) is 0 Å². The molecule has 0 spiro atoms. The molecule has 7 heteroatoms. The van der Waals surface area contributed by atoms with E-state index >= 15 is 0 Å². The summed E-state index contributed by atoms with van der Waals surface area (Å²) in [7, 11) is -3.34. The van der Waals surface area contributed by atoms with Gasteiger partial charge in [0.05, 0.1) is 6.61 Å². The lowest BCUT2D eigenvalue weighted by Gasteiger charge is -2.32. The van der Waals surface area contributed by atoms with Crippen LogP contribution in [0.25, 0.3) is 0 Å². The first-order valence-electron chi connectivity index (χ1n) is 7.56. The first-order valence-corrected chi connectivity index (χ1v) is 9.00. The summed E-state index contributed by atoms with van der Waals surface area (Å²) in [5.74, 6) is 0.582. The second-order valence-electron chi connectivity index (χ2n) is 6.09. The van der Waals surface area contributed by atoms with E-state index in [9.17, 15) is 8.42 Å². The Morgan fingerprint density at radius 1 is 1.25 bits per heavy atom. The standard InChI is InChI=1S/C13H27N3O3S/c1-11(2)14-9-12-3-6-16(7-4-12)20(17,18)15-13-5-8-19-10-13/h11-15H,3-10H2,1-2H3. The predicted octanol–water partition coefficient (Wildman–Crippen LogP) is 0.320. The molecule has 0 amide bonds. The van der Waals surface area contributed by atoms with Crippen molar-refractivity contribution in [2.45, 2.75) is 45.2 Å². The quantitative estimate of drug-likeness (QED) is 0.741. The molecule has 1 unspecified atom stereocenters. The molecule has 0 aromatic heterocycles. The predicted molar refractivity (Wildman–Crippen MR) is 78.7 cm³/mol. The topological polar surface area (TPSA) is 70.7 Å². The van der Waals surface area contributed by atoms with Crippen LogP contribution in [0.5, 0.6) is 0 Å². The van der Waals surface area contributed by atoms with Crippen LogP contribution in [0.1, 0.15) is 33.1 Å². The Morgan fingerprint density at radius 2 is 1.95 bits per heavy atom. The molecule has 2 saturated heterocycles. The van der Waals surface area contributed by atoms with Crippen molar-refractivity contribution in [2.75, 3.05) is 32.8 Å². The Hall–Kier alpha value is -0.210. The lowest BCUT2D eigenvalue weighted by molar-refractivity contribution is 0.192. The molecule has 20 heavy (non-hydrogen) atoms. The number of hydrogen-bond acceptors (Lipinski definition) is 4. The summed E-state index contributed by atoms with van der Waals surface area (Å²) in [6.07, 6.45) is 2.64. The first kappa shape index (κ1) is 16.2. The summed E-state index contributed by atoms with van der Waals surface area (Å²) in [5.41, 5.74) is 0. The van der Waals surface area contributed by atoms with Crippen LogP contribution in [0.4, 0.5) is 0 Å². The van der Waals surface area contributed by atoms with E-state index in [4.69, 9.17) is 4.74 Å². The van der Waals surface area contributed by atoms with Crippen LogP contribution in [0.2, 0.25) is 0 Å². The second-order valence-corrected chi connectivity index (χ2v) is 7.79. The van der Waals surface area contributed by atoms with Crippen LogP contribution in [0.15, 0.2) is 0 Å². The van der Waals surface area contributed by atoms with E-state index in [-0.39, 0.29) is 6.04 Å². The Labute approximate surface area is 122 Å². The molecule has 2 aliphatic heterocycles. The van der Waals surface area contributed by atoms with Gasteiger partial charge in [-0.2, -0.15) is 17.4 Å². The molecule has 2 heterocycles. The summed E-state index contributed by atoms with van der Waals surface area (Å²) in [5, 5.41) is 3.43. The molecule has 2 rings (SSSR count). The van der Waals surface area contributed by atoms with Gasteiger partial charge in [0.15, 0.2) is 0 Å². The molecule has 2 aliphatic rings. The van der Waals surface area contributed by atoms with Gasteiger partial charge in [-0.1, -0.05) is 13.8 Å². The minimum atomic E-state index is -3.34. The third kappa shape index (κ3) is 4.66. The van der Waals surface area contributed by atoms with Gasteiger partial charge in [0.1, 0.15) is 0 Å². The van der Waals surface area contributed by atoms with Gasteiger partial charge in [0, 0.05) is 31.8 Å². The van der Waals surface area contributed by atoms with Gasteiger partial charge in [-0.05, 0) is 31.7 Å². The highest BCUT2D eigenvalue weighted by atomic mass is 32.2. The van der Waals surface area contributed by atoms with E-state index in [1.165, 1.54) is 0 Å². The highest BCUT2D eigenvalue weighted by Crippen LogP contribution is 2.19. The Balaban J connectivity index is 1.77. The van der Waals surface area contributed by atoms with Gasteiger partial charge in [0.2, 0.25) is 0 Å². The molecule has 118 valence electrons. The van der Waals surface area contributed by atoms with Crippen LogP contribution >= 0.6 is 0 Å². The summed E-state index contributed by atoms with van der Waals surface area (Å²) < 4.78 is 34.1. The maximum absolute atomic E-state index is 12.3. The van der Waals surface area contributed by atoms with Crippen molar-refractivity contribution < 1.29 is 13.2 Å². The molecule has 2 fully saturated rings. The summed E-state index contributed by atoms with van der Waals surface area (Å²) in [6, 6.07) is 0.432. The molecule has 2 N–H and O–H groups in total. The molecule has 0 aliphatic carbocycles. The van der Waals surface area contributed by atoms with Crippen LogP contribution < -0.4 is 10.0 Å². The van der Waals surface area contributed by atoms with Crippen molar-refractivity contribution in [3.63, 3.8) is 0 Å². The number of rotatable bonds is 6. The smallest absolute Gasteiger partial charge is 0.279 e. The zero-order valence-electron chi connectivity index (χ0n) is 12.5. The highest BCUT2D eigenvalue weighted by molar-refractivity contribution is 7.87. The van der Waals surface area contributed by atoms with Gasteiger partial charge < -0.3 is 10.1 Å². The molecule has 1 atom stereocenters. The lowest BCUT2D eigenvalue weighted by atomic mass is 9.98. The van der Waals surface area contributed by atoms with E-state index in [0.717, 1.165) is 25.8 Å². The number of nitrogens with zero attached hydrogens (tertiary/aromatic N) is 1. The number of nitrogens with one attached hydrogen (secondary N) is 2. The minimum Gasteiger partial charge on any atom is -0.380 e. The van der Waals surface area contributed by atoms with Gasteiger partial charge >= 0.3 is 0 Å². The van der Waals surface area contributed by atoms with Gasteiger partial charge in [-0.25, -0.2) is 0 Å². The molecular weight excluding hydrogens is 278 g/mol. The average Bonchev–Trinajstić information content (AvgIpc) is 2.89. The maximum atomic E-state index is 12.3. The SMILES string of the molecule is CC(C)NCC1CCN(S(=O)(=O)NC2CCOC2)CC1. The minimum absolute atomic E-state index is 0.0552. The van der Waals surface area contributed by atoms with Crippen LogP contribution in [-0.4, -0.2) is 57.7 Å². The monoisotopic (exact) mass is 305 g/mol. The Kier molecular flexibility index (Phi) is 5.80. The lowest BCUT2D eigenvalue weighted by Crippen LogP contribution is -2.49. The molecule has 0 aromatic rings. The molecule has 6 nitrogen and oxygen atoms in total. The van der Waals surface area contributed by atoms with E-state index in [1.807, 2.05) is 0 Å². The maximum Gasteiger partial charge on any atom is 0.279 e. The van der Waals surface area contributed by atoms with Gasteiger partial charge in [-0.15, -0.1) is 0 Å².